The first-order valence-electron chi connectivity index (χ1n) is 12.5. The van der Waals surface area contributed by atoms with Gasteiger partial charge < -0.3 is 19.7 Å². The molecule has 7 heteroatoms. The van der Waals surface area contributed by atoms with Crippen molar-refractivity contribution in [1.82, 2.24) is 10.2 Å². The van der Waals surface area contributed by atoms with Crippen molar-refractivity contribution < 1.29 is 19.1 Å². The van der Waals surface area contributed by atoms with E-state index < -0.39 is 6.04 Å². The van der Waals surface area contributed by atoms with Crippen molar-refractivity contribution >= 4 is 23.4 Å². The van der Waals surface area contributed by atoms with Crippen molar-refractivity contribution in [2.24, 2.45) is 5.92 Å². The molecule has 34 heavy (non-hydrogen) atoms. The molecule has 0 saturated heterocycles. The number of allylic oxidation sites excluding steroid dienone is 1. The minimum absolute atomic E-state index is 0.125. The second kappa shape index (κ2) is 13.0. The highest BCUT2D eigenvalue weighted by Crippen LogP contribution is 2.34. The van der Waals surface area contributed by atoms with Gasteiger partial charge in [0.2, 0.25) is 11.8 Å². The first-order valence-corrected chi connectivity index (χ1v) is 13.1. The number of hydrogen-bond donors (Lipinski definition) is 1. The van der Waals surface area contributed by atoms with Crippen LogP contribution in [0.5, 0.6) is 11.5 Å². The molecule has 1 atom stereocenters. The van der Waals surface area contributed by atoms with Crippen LogP contribution >= 0.6 is 11.6 Å². The van der Waals surface area contributed by atoms with Gasteiger partial charge in [-0.15, -0.1) is 11.6 Å². The summed E-state index contributed by atoms with van der Waals surface area (Å²) in [7, 11) is 3.14. The van der Waals surface area contributed by atoms with Crippen LogP contribution in [0.4, 0.5) is 0 Å². The lowest BCUT2D eigenvalue weighted by atomic mass is 9.87. The van der Waals surface area contributed by atoms with Crippen molar-refractivity contribution in [2.45, 2.75) is 76.8 Å². The molecule has 188 valence electrons. The Balaban J connectivity index is 1.90. The molecule has 3 rings (SSSR count). The zero-order valence-corrected chi connectivity index (χ0v) is 21.5. The van der Waals surface area contributed by atoms with Crippen molar-refractivity contribution in [3.63, 3.8) is 0 Å². The second-order valence-corrected chi connectivity index (χ2v) is 9.83. The lowest BCUT2D eigenvalue weighted by Crippen LogP contribution is -2.48. The summed E-state index contributed by atoms with van der Waals surface area (Å²) in [4.78, 5) is 28.4. The topological polar surface area (TPSA) is 67.9 Å². The zero-order valence-electron chi connectivity index (χ0n) is 20.8. The average molecular weight is 491 g/mol. The molecule has 2 aliphatic carbocycles. The molecule has 0 unspecified atom stereocenters. The predicted molar refractivity (Wildman–Crippen MR) is 135 cm³/mol. The molecule has 1 aromatic rings. The molecule has 2 aliphatic rings. The minimum atomic E-state index is -0.783. The molecule has 2 amide bonds. The number of alkyl halides is 1. The third-order valence-electron chi connectivity index (χ3n) is 7.14. The highest BCUT2D eigenvalue weighted by atomic mass is 35.5. The summed E-state index contributed by atoms with van der Waals surface area (Å²) in [6, 6.07) is 4.75. The highest BCUT2D eigenvalue weighted by Gasteiger charge is 2.33. The number of carbonyl (C=O) groups excluding carboxylic acids is 2. The van der Waals surface area contributed by atoms with Gasteiger partial charge in [-0.3, -0.25) is 9.59 Å². The molecule has 1 saturated carbocycles. The molecular formula is C27H39ClN2O4. The summed E-state index contributed by atoms with van der Waals surface area (Å²) in [5.41, 5.74) is 2.04. The largest absolute Gasteiger partial charge is 0.493 e. The van der Waals surface area contributed by atoms with E-state index in [0.717, 1.165) is 44.9 Å². The molecule has 0 bridgehead atoms. The Bertz CT molecular complexity index is 864. The summed E-state index contributed by atoms with van der Waals surface area (Å²) >= 11 is 6.04. The van der Waals surface area contributed by atoms with Crippen molar-refractivity contribution in [3.8, 4) is 11.5 Å². The summed E-state index contributed by atoms with van der Waals surface area (Å²) in [6.07, 6.45) is 11.7. The van der Waals surface area contributed by atoms with Gasteiger partial charge in [-0.2, -0.15) is 0 Å². The fourth-order valence-electron chi connectivity index (χ4n) is 5.05. The van der Waals surface area contributed by atoms with E-state index in [4.69, 9.17) is 21.1 Å². The van der Waals surface area contributed by atoms with Crippen molar-refractivity contribution in [2.75, 3.05) is 26.6 Å². The van der Waals surface area contributed by atoms with E-state index in [9.17, 15) is 9.59 Å². The van der Waals surface area contributed by atoms with E-state index in [1.807, 2.05) is 6.07 Å². The number of amides is 2. The van der Waals surface area contributed by atoms with Gasteiger partial charge in [0.1, 0.15) is 11.9 Å². The second-order valence-electron chi connectivity index (χ2n) is 9.56. The number of methoxy groups -OCH3 is 2. The van der Waals surface area contributed by atoms with Gasteiger partial charge in [-0.1, -0.05) is 24.6 Å². The molecule has 0 spiro atoms. The summed E-state index contributed by atoms with van der Waals surface area (Å²) in [5.74, 6) is 1.21. The maximum Gasteiger partial charge on any atom is 0.247 e. The lowest BCUT2D eigenvalue weighted by molar-refractivity contribution is -0.139. The van der Waals surface area contributed by atoms with Crippen LogP contribution in [0.25, 0.3) is 0 Å². The lowest BCUT2D eigenvalue weighted by Gasteiger charge is -2.34. The van der Waals surface area contributed by atoms with Crippen LogP contribution in [-0.4, -0.2) is 49.4 Å². The number of carbonyl (C=O) groups is 2. The predicted octanol–water partition coefficient (Wildman–Crippen LogP) is 5.40. The third-order valence-corrected chi connectivity index (χ3v) is 7.37. The number of nitrogens with zero attached hydrogens (tertiary/aromatic N) is 1. The highest BCUT2D eigenvalue weighted by molar-refractivity contribution is 6.27. The van der Waals surface area contributed by atoms with Gasteiger partial charge in [0.05, 0.1) is 14.2 Å². The Kier molecular flexibility index (Phi) is 10.1. The molecule has 1 aromatic carbocycles. The summed E-state index contributed by atoms with van der Waals surface area (Å²) in [6.45, 7) is 2.71. The number of nitrogens with one attached hydrogen (secondary N) is 1. The summed E-state index contributed by atoms with van der Waals surface area (Å²) < 4.78 is 10.9. The average Bonchev–Trinajstić information content (AvgIpc) is 2.87. The SMILES string of the molecule is COc1ccc([C@@H](C(=O)NC2CCC(C)CC2)N(CCC2=CCCCC2)C(=O)CCl)cc1OC. The van der Waals surface area contributed by atoms with Gasteiger partial charge in [0.15, 0.2) is 11.5 Å². The monoisotopic (exact) mass is 490 g/mol. The van der Waals surface area contributed by atoms with Crippen LogP contribution < -0.4 is 14.8 Å². The Morgan fingerprint density at radius 2 is 1.85 bits per heavy atom. The molecule has 0 aromatic heterocycles. The third kappa shape index (κ3) is 6.91. The van der Waals surface area contributed by atoms with Crippen LogP contribution in [0.1, 0.15) is 76.3 Å². The van der Waals surface area contributed by atoms with Crippen LogP contribution in [0.15, 0.2) is 29.8 Å². The van der Waals surface area contributed by atoms with Crippen LogP contribution in [0.3, 0.4) is 0 Å². The maximum atomic E-state index is 13.7. The smallest absolute Gasteiger partial charge is 0.247 e. The number of hydrogen-bond acceptors (Lipinski definition) is 4. The first kappa shape index (κ1) is 26.4. The molecule has 1 N–H and O–H groups in total. The van der Waals surface area contributed by atoms with Crippen LogP contribution in [0.2, 0.25) is 0 Å². The number of rotatable bonds is 10. The molecule has 0 heterocycles. The number of halogens is 1. The van der Waals surface area contributed by atoms with Gasteiger partial charge in [0.25, 0.3) is 0 Å². The van der Waals surface area contributed by atoms with E-state index in [0.29, 0.717) is 29.5 Å². The van der Waals surface area contributed by atoms with E-state index in [-0.39, 0.29) is 23.7 Å². The van der Waals surface area contributed by atoms with E-state index >= 15 is 0 Å². The van der Waals surface area contributed by atoms with E-state index in [1.165, 1.54) is 18.4 Å². The Morgan fingerprint density at radius 1 is 1.12 bits per heavy atom. The van der Waals surface area contributed by atoms with E-state index in [2.05, 4.69) is 18.3 Å². The van der Waals surface area contributed by atoms with Gasteiger partial charge in [-0.05, 0) is 81.4 Å². The molecule has 1 fully saturated rings. The van der Waals surface area contributed by atoms with Gasteiger partial charge in [0, 0.05) is 12.6 Å². The summed E-state index contributed by atoms with van der Waals surface area (Å²) in [5, 5.41) is 3.24. The normalized spacial score (nSPS) is 21.2. The Hall–Kier alpha value is -2.21. The molecule has 0 radical (unpaired) electrons. The van der Waals surface area contributed by atoms with Crippen LogP contribution in [0, 0.1) is 5.92 Å². The molecular weight excluding hydrogens is 452 g/mol. The minimum Gasteiger partial charge on any atom is -0.493 e. The van der Waals surface area contributed by atoms with Crippen molar-refractivity contribution in [1.29, 1.82) is 0 Å². The van der Waals surface area contributed by atoms with Crippen molar-refractivity contribution in [3.05, 3.63) is 35.4 Å². The molecule has 0 aliphatic heterocycles. The standard InChI is InChI=1S/C27H39ClN2O4/c1-19-9-12-22(13-10-19)29-27(32)26(21-11-14-23(33-2)24(17-21)34-3)30(25(31)18-28)16-15-20-7-5-4-6-8-20/h7,11,14,17,19,22,26H,4-6,8-10,12-13,15-16,18H2,1-3H3,(H,29,32)/t19?,22?,26-/m0/s1. The number of ether oxygens (including phenoxy) is 2. The molecule has 6 nitrogen and oxygen atoms in total. The van der Waals surface area contributed by atoms with Crippen LogP contribution in [-0.2, 0) is 9.59 Å². The fraction of sp³-hybridized carbons (Fsp3) is 0.630. The number of benzene rings is 1. The quantitative estimate of drug-likeness (QED) is 0.352. The fourth-order valence-corrected chi connectivity index (χ4v) is 5.20. The Labute approximate surface area is 209 Å². The van der Waals surface area contributed by atoms with E-state index in [1.54, 1.807) is 31.3 Å². The Morgan fingerprint density at radius 3 is 2.47 bits per heavy atom. The van der Waals surface area contributed by atoms with Gasteiger partial charge >= 0.3 is 0 Å². The maximum absolute atomic E-state index is 13.7. The zero-order chi connectivity index (χ0) is 24.5. The van der Waals surface area contributed by atoms with Gasteiger partial charge in [-0.25, -0.2) is 0 Å². The first-order chi connectivity index (χ1) is 16.5.